The third-order valence-electron chi connectivity index (χ3n) is 15.0. The molecule has 71 heavy (non-hydrogen) atoms. The number of benzene rings is 12. The Morgan fingerprint density at radius 3 is 1.39 bits per heavy atom. The monoisotopic (exact) mass is 902 g/mol. The van der Waals surface area contributed by atoms with Gasteiger partial charge in [-0.2, -0.15) is 0 Å². The van der Waals surface area contributed by atoms with Crippen LogP contribution in [0, 0.1) is 0 Å². The van der Waals surface area contributed by atoms with Gasteiger partial charge in [-0.15, -0.1) is 0 Å². The van der Waals surface area contributed by atoms with Crippen molar-refractivity contribution >= 4 is 55.7 Å². The molecule has 0 aromatic heterocycles. The Bertz CT molecular complexity index is 4000. The van der Waals surface area contributed by atoms with Crippen LogP contribution in [-0.2, 0) is 5.41 Å². The maximum Gasteiger partial charge on any atom is 0.0727 e. The number of hydrogen-bond acceptors (Lipinski definition) is 2. The minimum Gasteiger partial charge on any atom is -0.310 e. The molecule has 1 atom stereocenters. The van der Waals surface area contributed by atoms with Crippen LogP contribution >= 0.6 is 0 Å². The third-order valence-corrected chi connectivity index (χ3v) is 15.0. The average molecular weight is 903 g/mol. The predicted molar refractivity (Wildman–Crippen MR) is 298 cm³/mol. The highest BCUT2D eigenvalue weighted by Crippen LogP contribution is 2.64. The molecule has 0 aliphatic heterocycles. The van der Waals surface area contributed by atoms with E-state index in [-0.39, 0.29) is 0 Å². The lowest BCUT2D eigenvalue weighted by molar-refractivity contribution is 0.793. The quantitative estimate of drug-likeness (QED) is 0.150. The first-order valence-corrected chi connectivity index (χ1v) is 24.6. The van der Waals surface area contributed by atoms with Gasteiger partial charge in [-0.25, -0.2) is 0 Å². The summed E-state index contributed by atoms with van der Waals surface area (Å²) < 4.78 is 0. The van der Waals surface area contributed by atoms with Crippen LogP contribution in [0.4, 0.5) is 34.1 Å². The second-order valence-electron chi connectivity index (χ2n) is 18.8. The van der Waals surface area contributed by atoms with Gasteiger partial charge < -0.3 is 9.80 Å². The van der Waals surface area contributed by atoms with Crippen molar-refractivity contribution in [1.29, 1.82) is 0 Å². The van der Waals surface area contributed by atoms with E-state index >= 15 is 0 Å². The summed E-state index contributed by atoms with van der Waals surface area (Å²) in [5.74, 6) is 0. The second kappa shape index (κ2) is 16.5. The van der Waals surface area contributed by atoms with Crippen molar-refractivity contribution in [3.63, 3.8) is 0 Å². The summed E-state index contributed by atoms with van der Waals surface area (Å²) in [5, 5.41) is 4.88. The van der Waals surface area contributed by atoms with E-state index in [1.165, 1.54) is 88.3 Å². The summed E-state index contributed by atoms with van der Waals surface area (Å²) in [6.07, 6.45) is 0. The molecule has 0 saturated heterocycles. The first-order valence-electron chi connectivity index (χ1n) is 24.6. The van der Waals surface area contributed by atoms with Crippen LogP contribution in [0.2, 0.25) is 0 Å². The summed E-state index contributed by atoms with van der Waals surface area (Å²) in [6.45, 7) is 0. The van der Waals surface area contributed by atoms with Gasteiger partial charge in [0.2, 0.25) is 0 Å². The largest absolute Gasteiger partial charge is 0.310 e. The number of anilines is 6. The normalized spacial score (nSPS) is 14.0. The van der Waals surface area contributed by atoms with Crippen LogP contribution in [0.25, 0.3) is 66.1 Å². The molecule has 0 bridgehead atoms. The standard InChI is InChI=1S/C69H46N2/c1-4-19-47(20-5-1)51-24-18-29-55(44-51)70(53-25-6-2-7-26-53)56-38-40-61-59-31-14-16-33-63(59)69(65(61)45-56)64-34-17-15-32-60(64)62-41-39-57(46-66(62)69)71(54-27-8-3-9-28-54)67-42-37-49-22-12-13-30-58(49)68(67)52-36-35-48-21-10-11-23-50(48)43-52/h1-46H. The summed E-state index contributed by atoms with van der Waals surface area (Å²) in [5.41, 5.74) is 21.0. The van der Waals surface area contributed by atoms with Crippen molar-refractivity contribution in [2.75, 3.05) is 9.80 Å². The van der Waals surface area contributed by atoms with Crippen LogP contribution in [0.5, 0.6) is 0 Å². The minimum absolute atomic E-state index is 0.606. The SMILES string of the molecule is c1ccc(-c2cccc(N(c3ccccc3)c3ccc4c(c3)C3(c5ccccc5-4)c4ccccc4-c4ccc(N(c5ccccc5)c5ccc6ccccc6c5-c5ccc6ccccc6c5)cc43)c2)cc1. The molecule has 12 aromatic carbocycles. The number of nitrogens with zero attached hydrogens (tertiary/aromatic N) is 2. The molecule has 1 spiro atoms. The Balaban J connectivity index is 1.02. The van der Waals surface area contributed by atoms with Crippen molar-refractivity contribution in [3.05, 3.63) is 301 Å². The maximum absolute atomic E-state index is 2.51. The molecular formula is C69H46N2. The lowest BCUT2D eigenvalue weighted by Crippen LogP contribution is -2.26. The average Bonchev–Trinajstić information content (AvgIpc) is 3.91. The van der Waals surface area contributed by atoms with Crippen LogP contribution < -0.4 is 9.80 Å². The molecule has 2 heteroatoms. The van der Waals surface area contributed by atoms with Crippen molar-refractivity contribution in [3.8, 4) is 44.5 Å². The van der Waals surface area contributed by atoms with E-state index in [9.17, 15) is 0 Å². The highest BCUT2D eigenvalue weighted by Gasteiger charge is 2.52. The molecule has 2 nitrogen and oxygen atoms in total. The van der Waals surface area contributed by atoms with Crippen LogP contribution in [-0.4, -0.2) is 0 Å². The minimum atomic E-state index is -0.606. The topological polar surface area (TPSA) is 6.48 Å². The fourth-order valence-electron chi connectivity index (χ4n) is 12.0. The van der Waals surface area contributed by atoms with Gasteiger partial charge in [0, 0.05) is 34.0 Å². The molecule has 0 radical (unpaired) electrons. The Kier molecular flexibility index (Phi) is 9.47. The number of hydrogen-bond donors (Lipinski definition) is 0. The Morgan fingerprint density at radius 1 is 0.239 bits per heavy atom. The zero-order valence-electron chi connectivity index (χ0n) is 39.0. The lowest BCUT2D eigenvalue weighted by Gasteiger charge is -2.34. The summed E-state index contributed by atoms with van der Waals surface area (Å²) in [7, 11) is 0. The van der Waals surface area contributed by atoms with Crippen molar-refractivity contribution < 1.29 is 0 Å². The summed E-state index contributed by atoms with van der Waals surface area (Å²) >= 11 is 0. The number of para-hydroxylation sites is 2. The van der Waals surface area contributed by atoms with Crippen molar-refractivity contribution in [2.45, 2.75) is 5.41 Å². The zero-order chi connectivity index (χ0) is 46.9. The molecule has 0 saturated carbocycles. The first-order chi connectivity index (χ1) is 35.2. The maximum atomic E-state index is 2.51. The molecule has 0 N–H and O–H groups in total. The van der Waals surface area contributed by atoms with E-state index in [1.807, 2.05) is 0 Å². The van der Waals surface area contributed by atoms with E-state index in [0.717, 1.165) is 34.1 Å². The van der Waals surface area contributed by atoms with Gasteiger partial charge in [0.05, 0.1) is 11.1 Å². The molecular weight excluding hydrogens is 857 g/mol. The van der Waals surface area contributed by atoms with Gasteiger partial charge in [0.25, 0.3) is 0 Å². The van der Waals surface area contributed by atoms with Crippen molar-refractivity contribution in [1.82, 2.24) is 0 Å². The smallest absolute Gasteiger partial charge is 0.0727 e. The molecule has 2 aliphatic rings. The molecule has 1 unspecified atom stereocenters. The van der Waals surface area contributed by atoms with E-state index < -0.39 is 5.41 Å². The lowest BCUT2D eigenvalue weighted by atomic mass is 9.70. The van der Waals surface area contributed by atoms with Crippen LogP contribution in [0.1, 0.15) is 22.3 Å². The van der Waals surface area contributed by atoms with Gasteiger partial charge in [0.15, 0.2) is 0 Å². The van der Waals surface area contributed by atoms with Crippen LogP contribution in [0.15, 0.2) is 279 Å². The van der Waals surface area contributed by atoms with E-state index in [0.29, 0.717) is 0 Å². The molecule has 0 heterocycles. The van der Waals surface area contributed by atoms with Gasteiger partial charge >= 0.3 is 0 Å². The molecule has 332 valence electrons. The van der Waals surface area contributed by atoms with Gasteiger partial charge in [-0.3, -0.25) is 0 Å². The van der Waals surface area contributed by atoms with E-state index in [2.05, 4.69) is 289 Å². The van der Waals surface area contributed by atoms with E-state index in [1.54, 1.807) is 0 Å². The predicted octanol–water partition coefficient (Wildman–Crippen LogP) is 18.6. The molecule has 0 fully saturated rings. The van der Waals surface area contributed by atoms with Crippen molar-refractivity contribution in [2.24, 2.45) is 0 Å². The Hall–Kier alpha value is -9.24. The Labute approximate surface area is 414 Å². The first kappa shape index (κ1) is 40.8. The van der Waals surface area contributed by atoms with Gasteiger partial charge in [0.1, 0.15) is 0 Å². The second-order valence-corrected chi connectivity index (χ2v) is 18.8. The highest BCUT2D eigenvalue weighted by molar-refractivity contribution is 6.07. The fraction of sp³-hybridized carbons (Fsp3) is 0.0145. The Morgan fingerprint density at radius 2 is 0.718 bits per heavy atom. The van der Waals surface area contributed by atoms with Gasteiger partial charge in [-0.05, 0) is 156 Å². The highest BCUT2D eigenvalue weighted by atomic mass is 15.1. The number of rotatable bonds is 8. The molecule has 12 aromatic rings. The molecule has 2 aliphatic carbocycles. The summed E-state index contributed by atoms with van der Waals surface area (Å²) in [6, 6.07) is 103. The van der Waals surface area contributed by atoms with E-state index in [4.69, 9.17) is 0 Å². The zero-order valence-corrected chi connectivity index (χ0v) is 39.0. The number of fused-ring (bicyclic) bond motifs is 12. The summed E-state index contributed by atoms with van der Waals surface area (Å²) in [4.78, 5) is 4.91. The molecule has 0 amide bonds. The van der Waals surface area contributed by atoms with Gasteiger partial charge in [-0.1, -0.05) is 206 Å². The third kappa shape index (κ3) is 6.42. The molecule has 14 rings (SSSR count). The fourth-order valence-corrected chi connectivity index (χ4v) is 12.0. The van der Waals surface area contributed by atoms with Crippen LogP contribution in [0.3, 0.4) is 0 Å².